The van der Waals surface area contributed by atoms with Crippen LogP contribution in [0.3, 0.4) is 0 Å². The highest BCUT2D eigenvalue weighted by Gasteiger charge is 2.53. The molecule has 3 rings (SSSR count). The van der Waals surface area contributed by atoms with Gasteiger partial charge in [0.05, 0.1) is 22.5 Å². The van der Waals surface area contributed by atoms with Gasteiger partial charge in [-0.15, -0.1) is 0 Å². The van der Waals surface area contributed by atoms with Gasteiger partial charge in [0.2, 0.25) is 0 Å². The molecule has 0 amide bonds. The van der Waals surface area contributed by atoms with Crippen molar-refractivity contribution < 1.29 is 9.31 Å². The van der Waals surface area contributed by atoms with Gasteiger partial charge in [0.15, 0.2) is 0 Å². The molecule has 1 aliphatic carbocycles. The van der Waals surface area contributed by atoms with Crippen molar-refractivity contribution in [1.29, 1.82) is 0 Å². The van der Waals surface area contributed by atoms with Crippen LogP contribution in [0.1, 0.15) is 51.8 Å². The molecular formula is C13H21BN2O2. The van der Waals surface area contributed by atoms with E-state index in [2.05, 4.69) is 37.9 Å². The summed E-state index contributed by atoms with van der Waals surface area (Å²) < 4.78 is 12.2. The Morgan fingerprint density at radius 3 is 2.33 bits per heavy atom. The molecule has 0 saturated carbocycles. The molecular weight excluding hydrogens is 227 g/mol. The van der Waals surface area contributed by atoms with Crippen LogP contribution in [-0.2, 0) is 22.2 Å². The Morgan fingerprint density at radius 1 is 1.06 bits per heavy atom. The van der Waals surface area contributed by atoms with Crippen LogP contribution in [0, 0.1) is 0 Å². The average molecular weight is 248 g/mol. The van der Waals surface area contributed by atoms with Crippen LogP contribution in [0.5, 0.6) is 0 Å². The first kappa shape index (κ1) is 12.2. The zero-order valence-corrected chi connectivity index (χ0v) is 11.7. The quantitative estimate of drug-likeness (QED) is 0.767. The number of rotatable bonds is 1. The Balaban J connectivity index is 1.91. The summed E-state index contributed by atoms with van der Waals surface area (Å²) in [6.07, 6.45) is 4.64. The van der Waals surface area contributed by atoms with E-state index in [-0.39, 0.29) is 18.3 Å². The third-order valence-corrected chi connectivity index (χ3v) is 4.56. The number of aromatic nitrogens is 2. The van der Waals surface area contributed by atoms with Crippen LogP contribution in [0.15, 0.2) is 0 Å². The Bertz CT molecular complexity index is 452. The molecule has 0 spiro atoms. The van der Waals surface area contributed by atoms with Crippen molar-refractivity contribution in [2.45, 2.75) is 64.6 Å². The topological polar surface area (TPSA) is 47.1 Å². The summed E-state index contributed by atoms with van der Waals surface area (Å²) in [7, 11) is -0.302. The van der Waals surface area contributed by atoms with Crippen molar-refractivity contribution in [3.8, 4) is 0 Å². The molecule has 0 aromatic carbocycles. The highest BCUT2D eigenvalue weighted by molar-refractivity contribution is 6.61. The lowest BCUT2D eigenvalue weighted by Crippen LogP contribution is -2.41. The Labute approximate surface area is 109 Å². The number of aryl methyl sites for hydroxylation is 1. The van der Waals surface area contributed by atoms with Gasteiger partial charge in [-0.25, -0.2) is 0 Å². The predicted molar refractivity (Wildman–Crippen MR) is 70.9 cm³/mol. The third-order valence-electron chi connectivity index (χ3n) is 4.56. The second-order valence-corrected chi connectivity index (χ2v) is 6.36. The molecule has 1 N–H and O–H groups in total. The second kappa shape index (κ2) is 3.84. The molecule has 0 atom stereocenters. The van der Waals surface area contributed by atoms with E-state index in [1.54, 1.807) is 0 Å². The van der Waals surface area contributed by atoms with Crippen molar-refractivity contribution in [1.82, 2.24) is 10.2 Å². The summed E-state index contributed by atoms with van der Waals surface area (Å²) in [4.78, 5) is 0. The maximum atomic E-state index is 6.08. The van der Waals surface area contributed by atoms with Crippen molar-refractivity contribution in [3.05, 3.63) is 11.3 Å². The van der Waals surface area contributed by atoms with Gasteiger partial charge < -0.3 is 9.31 Å². The first-order chi connectivity index (χ1) is 8.41. The smallest absolute Gasteiger partial charge is 0.398 e. The zero-order valence-electron chi connectivity index (χ0n) is 11.7. The summed E-state index contributed by atoms with van der Waals surface area (Å²) in [6, 6.07) is 0. The van der Waals surface area contributed by atoms with E-state index < -0.39 is 0 Å². The minimum Gasteiger partial charge on any atom is -0.398 e. The lowest BCUT2D eigenvalue weighted by Gasteiger charge is -2.32. The summed E-state index contributed by atoms with van der Waals surface area (Å²) >= 11 is 0. The molecule has 1 saturated heterocycles. The SMILES string of the molecule is CC1(C)OB(c2[nH]nc3c2CCCC3)OC1(C)C. The fourth-order valence-corrected chi connectivity index (χ4v) is 2.65. The molecule has 4 nitrogen and oxygen atoms in total. The van der Waals surface area contributed by atoms with Gasteiger partial charge in [-0.1, -0.05) is 0 Å². The number of nitrogens with one attached hydrogen (secondary N) is 1. The summed E-state index contributed by atoms with van der Waals surface area (Å²) in [5.74, 6) is 0. The molecule has 1 fully saturated rings. The van der Waals surface area contributed by atoms with Gasteiger partial charge in [0.25, 0.3) is 0 Å². The molecule has 2 aliphatic rings. The fourth-order valence-electron chi connectivity index (χ4n) is 2.65. The molecule has 1 aromatic heterocycles. The largest absolute Gasteiger partial charge is 0.514 e. The van der Waals surface area contributed by atoms with Crippen molar-refractivity contribution in [2.24, 2.45) is 0 Å². The minimum atomic E-state index is -0.302. The standard InChI is InChI=1S/C13H21BN2O2/c1-12(2)13(3,4)18-14(17-12)11-9-7-5-6-8-10(9)15-16-11/h5-8H2,1-4H3,(H,15,16). The molecule has 0 unspecified atom stereocenters. The van der Waals surface area contributed by atoms with Crippen LogP contribution in [0.25, 0.3) is 0 Å². The molecule has 1 aromatic rings. The maximum absolute atomic E-state index is 6.08. The second-order valence-electron chi connectivity index (χ2n) is 6.36. The van der Waals surface area contributed by atoms with E-state index in [0.29, 0.717) is 0 Å². The fraction of sp³-hybridized carbons (Fsp3) is 0.769. The van der Waals surface area contributed by atoms with Gasteiger partial charge in [-0.3, -0.25) is 5.10 Å². The Kier molecular flexibility index (Phi) is 2.61. The van der Waals surface area contributed by atoms with E-state index in [4.69, 9.17) is 9.31 Å². The number of nitrogens with zero attached hydrogens (tertiary/aromatic N) is 1. The summed E-state index contributed by atoms with van der Waals surface area (Å²) in [6.45, 7) is 8.32. The van der Waals surface area contributed by atoms with Crippen molar-refractivity contribution in [2.75, 3.05) is 0 Å². The zero-order chi connectivity index (χ0) is 13.0. The van der Waals surface area contributed by atoms with Gasteiger partial charge in [-0.05, 0) is 58.9 Å². The monoisotopic (exact) mass is 248 g/mol. The molecule has 18 heavy (non-hydrogen) atoms. The molecule has 0 radical (unpaired) electrons. The van der Waals surface area contributed by atoms with Crippen LogP contribution in [0.2, 0.25) is 0 Å². The van der Waals surface area contributed by atoms with Crippen LogP contribution in [0.4, 0.5) is 0 Å². The lowest BCUT2D eigenvalue weighted by atomic mass is 9.78. The normalized spacial score (nSPS) is 25.2. The van der Waals surface area contributed by atoms with Gasteiger partial charge in [0.1, 0.15) is 0 Å². The molecule has 0 bridgehead atoms. The number of aromatic amines is 1. The van der Waals surface area contributed by atoms with Crippen molar-refractivity contribution in [3.63, 3.8) is 0 Å². The average Bonchev–Trinajstić information content (AvgIpc) is 2.78. The van der Waals surface area contributed by atoms with Gasteiger partial charge in [-0.2, -0.15) is 5.10 Å². The van der Waals surface area contributed by atoms with Crippen LogP contribution >= 0.6 is 0 Å². The first-order valence-electron chi connectivity index (χ1n) is 6.82. The van der Waals surface area contributed by atoms with E-state index in [1.165, 1.54) is 24.1 Å². The maximum Gasteiger partial charge on any atom is 0.514 e. The van der Waals surface area contributed by atoms with E-state index in [9.17, 15) is 0 Å². The van der Waals surface area contributed by atoms with Gasteiger partial charge in [0, 0.05) is 0 Å². The van der Waals surface area contributed by atoms with Crippen LogP contribution in [-0.4, -0.2) is 28.5 Å². The van der Waals surface area contributed by atoms with Crippen LogP contribution < -0.4 is 5.59 Å². The number of hydrogen-bond acceptors (Lipinski definition) is 3. The first-order valence-corrected chi connectivity index (χ1v) is 6.82. The number of H-pyrrole nitrogens is 1. The molecule has 5 heteroatoms. The highest BCUT2D eigenvalue weighted by atomic mass is 16.7. The highest BCUT2D eigenvalue weighted by Crippen LogP contribution is 2.36. The molecule has 2 heterocycles. The number of fused-ring (bicyclic) bond motifs is 1. The van der Waals surface area contributed by atoms with E-state index >= 15 is 0 Å². The Hall–Kier alpha value is -0.805. The summed E-state index contributed by atoms with van der Waals surface area (Å²) in [5, 5.41) is 7.55. The predicted octanol–water partition coefficient (Wildman–Crippen LogP) is 1.59. The Morgan fingerprint density at radius 2 is 1.67 bits per heavy atom. The summed E-state index contributed by atoms with van der Waals surface area (Å²) in [5.41, 5.74) is 2.98. The molecule has 1 aliphatic heterocycles. The molecule has 98 valence electrons. The number of hydrogen-bond donors (Lipinski definition) is 1. The third kappa shape index (κ3) is 1.72. The van der Waals surface area contributed by atoms with Crippen molar-refractivity contribution >= 4 is 12.7 Å². The van der Waals surface area contributed by atoms with Gasteiger partial charge >= 0.3 is 7.12 Å². The minimum absolute atomic E-state index is 0.287. The lowest BCUT2D eigenvalue weighted by molar-refractivity contribution is 0.00578. The van der Waals surface area contributed by atoms with E-state index in [1.807, 2.05) is 0 Å². The van der Waals surface area contributed by atoms with E-state index in [0.717, 1.165) is 18.4 Å².